The monoisotopic (exact) mass is 287 g/mol. The van der Waals surface area contributed by atoms with Crippen LogP contribution in [0.1, 0.15) is 16.8 Å². The van der Waals surface area contributed by atoms with E-state index in [0.29, 0.717) is 6.54 Å². The highest BCUT2D eigenvalue weighted by Crippen LogP contribution is 2.28. The van der Waals surface area contributed by atoms with Gasteiger partial charge in [-0.3, -0.25) is 15.1 Å². The second-order valence-electron chi connectivity index (χ2n) is 4.65. The third-order valence-corrected chi connectivity index (χ3v) is 3.08. The van der Waals surface area contributed by atoms with Crippen LogP contribution in [0.5, 0.6) is 5.75 Å². The number of ether oxygens (including phenoxy) is 1. The Bertz CT molecular complexity index is 644. The minimum Gasteiger partial charge on any atom is -0.480 e. The highest BCUT2D eigenvalue weighted by molar-refractivity contribution is 5.48. The zero-order valence-corrected chi connectivity index (χ0v) is 12.0. The van der Waals surface area contributed by atoms with Crippen molar-refractivity contribution in [3.63, 3.8) is 0 Å². The first-order valence-corrected chi connectivity index (χ1v) is 6.57. The van der Waals surface area contributed by atoms with Gasteiger partial charge in [-0.15, -0.1) is 0 Å². The molecule has 1 N–H and O–H groups in total. The first kappa shape index (κ1) is 14.9. The number of hydrogen-bond donors (Lipinski definition) is 1. The van der Waals surface area contributed by atoms with E-state index in [9.17, 15) is 10.1 Å². The molecule has 6 nitrogen and oxygen atoms in total. The quantitative estimate of drug-likeness (QED) is 0.652. The lowest BCUT2D eigenvalue weighted by Crippen LogP contribution is -2.07. The molecule has 0 aliphatic carbocycles. The van der Waals surface area contributed by atoms with Crippen molar-refractivity contribution in [2.45, 2.75) is 20.1 Å². The predicted molar refractivity (Wildman–Crippen MR) is 79.2 cm³/mol. The Morgan fingerprint density at radius 1 is 1.38 bits per heavy atom. The molecule has 0 saturated carbocycles. The molecule has 0 aliphatic rings. The maximum atomic E-state index is 11.1. The zero-order valence-electron chi connectivity index (χ0n) is 12.0. The van der Waals surface area contributed by atoms with Crippen molar-refractivity contribution >= 4 is 5.69 Å². The van der Waals surface area contributed by atoms with Crippen molar-refractivity contribution < 1.29 is 9.66 Å². The van der Waals surface area contributed by atoms with E-state index in [0.717, 1.165) is 16.8 Å². The van der Waals surface area contributed by atoms with Gasteiger partial charge in [0, 0.05) is 18.8 Å². The Morgan fingerprint density at radius 2 is 2.19 bits per heavy atom. The fraction of sp³-hybridized carbons (Fsp3) is 0.267. The summed E-state index contributed by atoms with van der Waals surface area (Å²) in [4.78, 5) is 14.8. The minimum atomic E-state index is -0.441. The van der Waals surface area contributed by atoms with Gasteiger partial charge >= 0.3 is 5.69 Å². The highest BCUT2D eigenvalue weighted by atomic mass is 16.6. The summed E-state index contributed by atoms with van der Waals surface area (Å²) in [5.74, 6) is 0.262. The summed E-state index contributed by atoms with van der Waals surface area (Å²) in [5, 5.41) is 14.1. The number of hydrogen-bond acceptors (Lipinski definition) is 5. The molecular formula is C15H17N3O3. The van der Waals surface area contributed by atoms with Gasteiger partial charge < -0.3 is 10.1 Å². The smallest absolute Gasteiger partial charge is 0.310 e. The Kier molecular flexibility index (Phi) is 4.84. The second kappa shape index (κ2) is 6.81. The van der Waals surface area contributed by atoms with Gasteiger partial charge in [-0.25, -0.2) is 0 Å². The van der Waals surface area contributed by atoms with Crippen molar-refractivity contribution in [3.05, 3.63) is 63.5 Å². The normalized spacial score (nSPS) is 10.4. The number of nitro groups is 1. The van der Waals surface area contributed by atoms with E-state index in [2.05, 4.69) is 10.3 Å². The van der Waals surface area contributed by atoms with E-state index in [1.54, 1.807) is 18.3 Å². The molecule has 0 saturated heterocycles. The molecule has 0 aliphatic heterocycles. The third kappa shape index (κ3) is 3.76. The largest absolute Gasteiger partial charge is 0.480 e. The number of benzene rings is 1. The van der Waals surface area contributed by atoms with Gasteiger partial charge in [0.1, 0.15) is 6.61 Å². The average Bonchev–Trinajstić information content (AvgIpc) is 2.46. The van der Waals surface area contributed by atoms with Gasteiger partial charge in [-0.2, -0.15) is 0 Å². The second-order valence-corrected chi connectivity index (χ2v) is 4.65. The molecule has 0 spiro atoms. The van der Waals surface area contributed by atoms with Crippen LogP contribution in [-0.2, 0) is 13.2 Å². The summed E-state index contributed by atoms with van der Waals surface area (Å²) in [7, 11) is 1.82. The first-order valence-electron chi connectivity index (χ1n) is 6.57. The summed E-state index contributed by atoms with van der Waals surface area (Å²) in [6, 6.07) is 8.64. The number of rotatable bonds is 6. The molecule has 0 radical (unpaired) electrons. The zero-order chi connectivity index (χ0) is 15.2. The maximum Gasteiger partial charge on any atom is 0.310 e. The summed E-state index contributed by atoms with van der Waals surface area (Å²) >= 11 is 0. The van der Waals surface area contributed by atoms with Gasteiger partial charge in [0.2, 0.25) is 0 Å². The molecule has 6 heteroatoms. The molecule has 2 rings (SSSR count). The van der Waals surface area contributed by atoms with Gasteiger partial charge in [-0.1, -0.05) is 12.1 Å². The fourth-order valence-corrected chi connectivity index (χ4v) is 1.95. The van der Waals surface area contributed by atoms with Crippen LogP contribution in [0, 0.1) is 17.0 Å². The van der Waals surface area contributed by atoms with E-state index >= 15 is 0 Å². The van der Waals surface area contributed by atoms with Crippen LogP contribution in [-0.4, -0.2) is 17.0 Å². The summed E-state index contributed by atoms with van der Waals surface area (Å²) in [6.45, 7) is 2.75. The standard InChI is InChI=1S/C15H17N3O3/c1-11-4-3-7-17-13(11)10-21-15-8-12(9-16-2)5-6-14(15)18(19)20/h3-8,16H,9-10H2,1-2H3. The molecule has 0 unspecified atom stereocenters. The molecule has 0 amide bonds. The van der Waals surface area contributed by atoms with Gasteiger partial charge in [0.05, 0.1) is 10.6 Å². The molecule has 21 heavy (non-hydrogen) atoms. The van der Waals surface area contributed by atoms with Gasteiger partial charge in [0.25, 0.3) is 0 Å². The Labute approximate surface area is 122 Å². The van der Waals surface area contributed by atoms with Gasteiger partial charge in [-0.05, 0) is 37.2 Å². The average molecular weight is 287 g/mol. The number of nitro benzene ring substituents is 1. The van der Waals surface area contributed by atoms with E-state index in [-0.39, 0.29) is 18.0 Å². The van der Waals surface area contributed by atoms with E-state index in [1.165, 1.54) is 6.07 Å². The number of nitrogens with zero attached hydrogens (tertiary/aromatic N) is 2. The van der Waals surface area contributed by atoms with Crippen LogP contribution in [0.2, 0.25) is 0 Å². The van der Waals surface area contributed by atoms with E-state index in [1.807, 2.05) is 26.1 Å². The lowest BCUT2D eigenvalue weighted by molar-refractivity contribution is -0.386. The van der Waals surface area contributed by atoms with Crippen molar-refractivity contribution in [1.82, 2.24) is 10.3 Å². The molecule has 0 atom stereocenters. The molecule has 110 valence electrons. The summed E-state index contributed by atoms with van der Waals surface area (Å²) < 4.78 is 5.62. The van der Waals surface area contributed by atoms with E-state index in [4.69, 9.17) is 4.74 Å². The van der Waals surface area contributed by atoms with Crippen molar-refractivity contribution in [1.29, 1.82) is 0 Å². The predicted octanol–water partition coefficient (Wildman–Crippen LogP) is 2.60. The van der Waals surface area contributed by atoms with Crippen LogP contribution in [0.15, 0.2) is 36.5 Å². The SMILES string of the molecule is CNCc1ccc([N+](=O)[O-])c(OCc2ncccc2C)c1. The van der Waals surface area contributed by atoms with Crippen molar-refractivity contribution in [2.24, 2.45) is 0 Å². The molecule has 2 aromatic rings. The summed E-state index contributed by atoms with van der Waals surface area (Å²) in [5.41, 5.74) is 2.65. The maximum absolute atomic E-state index is 11.1. The number of pyridine rings is 1. The minimum absolute atomic E-state index is 0.0385. The Hall–Kier alpha value is -2.47. The molecule has 1 aromatic carbocycles. The molecule has 1 heterocycles. The van der Waals surface area contributed by atoms with Crippen LogP contribution < -0.4 is 10.1 Å². The molecule has 1 aromatic heterocycles. The van der Waals surface area contributed by atoms with Crippen LogP contribution in [0.25, 0.3) is 0 Å². The van der Waals surface area contributed by atoms with Crippen LogP contribution in [0.4, 0.5) is 5.69 Å². The third-order valence-electron chi connectivity index (χ3n) is 3.08. The van der Waals surface area contributed by atoms with Crippen molar-refractivity contribution in [3.8, 4) is 5.75 Å². The highest BCUT2D eigenvalue weighted by Gasteiger charge is 2.16. The molecule has 0 fully saturated rings. The first-order chi connectivity index (χ1) is 10.1. The Balaban J connectivity index is 2.22. The number of aromatic nitrogens is 1. The lowest BCUT2D eigenvalue weighted by atomic mass is 10.2. The van der Waals surface area contributed by atoms with Crippen LogP contribution >= 0.6 is 0 Å². The van der Waals surface area contributed by atoms with Crippen LogP contribution in [0.3, 0.4) is 0 Å². The molecular weight excluding hydrogens is 270 g/mol. The molecule has 0 bridgehead atoms. The Morgan fingerprint density at radius 3 is 2.86 bits per heavy atom. The topological polar surface area (TPSA) is 77.3 Å². The lowest BCUT2D eigenvalue weighted by Gasteiger charge is -2.09. The number of aryl methyl sites for hydroxylation is 1. The van der Waals surface area contributed by atoms with Gasteiger partial charge in [0.15, 0.2) is 5.75 Å². The van der Waals surface area contributed by atoms with E-state index < -0.39 is 4.92 Å². The van der Waals surface area contributed by atoms with Crippen molar-refractivity contribution in [2.75, 3.05) is 7.05 Å². The fourth-order valence-electron chi connectivity index (χ4n) is 1.95. The summed E-state index contributed by atoms with van der Waals surface area (Å²) in [6.07, 6.45) is 1.68. The number of nitrogens with one attached hydrogen (secondary N) is 1.